The summed E-state index contributed by atoms with van der Waals surface area (Å²) in [6.45, 7) is -0.0104. The van der Waals surface area contributed by atoms with Crippen LogP contribution in [-0.4, -0.2) is 42.1 Å². The van der Waals surface area contributed by atoms with E-state index in [1.807, 2.05) is 0 Å². The number of aromatic nitrogens is 1. The van der Waals surface area contributed by atoms with Gasteiger partial charge in [-0.3, -0.25) is 9.78 Å². The molecule has 0 aliphatic carbocycles. The van der Waals surface area contributed by atoms with Gasteiger partial charge in [-0.1, -0.05) is 0 Å². The number of halogens is 3. The maximum atomic E-state index is 13.3. The Morgan fingerprint density at radius 3 is 2.60 bits per heavy atom. The SMILES string of the molecule is CN(Cc1ccncc1)C(=O)C1(C(F)(F)F)CCNC1. The van der Waals surface area contributed by atoms with E-state index in [0.29, 0.717) is 0 Å². The summed E-state index contributed by atoms with van der Waals surface area (Å²) in [5.41, 5.74) is -1.55. The van der Waals surface area contributed by atoms with Crippen LogP contribution in [0.5, 0.6) is 0 Å². The minimum absolute atomic E-state index is 0.138. The first-order chi connectivity index (χ1) is 9.37. The van der Waals surface area contributed by atoms with E-state index in [4.69, 9.17) is 0 Å². The molecule has 1 amide bonds. The van der Waals surface area contributed by atoms with Crippen LogP contribution in [-0.2, 0) is 11.3 Å². The summed E-state index contributed by atoms with van der Waals surface area (Å²) < 4.78 is 39.8. The van der Waals surface area contributed by atoms with Gasteiger partial charge in [-0.25, -0.2) is 0 Å². The van der Waals surface area contributed by atoms with E-state index >= 15 is 0 Å². The first-order valence-corrected chi connectivity index (χ1v) is 6.29. The average Bonchev–Trinajstić information content (AvgIpc) is 2.89. The average molecular weight is 287 g/mol. The normalized spacial score (nSPS) is 22.8. The molecule has 1 aromatic rings. The lowest BCUT2D eigenvalue weighted by atomic mass is 9.84. The van der Waals surface area contributed by atoms with Crippen LogP contribution in [0.2, 0.25) is 0 Å². The van der Waals surface area contributed by atoms with E-state index in [9.17, 15) is 18.0 Å². The lowest BCUT2D eigenvalue weighted by Gasteiger charge is -2.33. The first kappa shape index (κ1) is 14.8. The molecule has 0 aromatic carbocycles. The third kappa shape index (κ3) is 2.63. The number of nitrogens with one attached hydrogen (secondary N) is 1. The number of carbonyl (C=O) groups is 1. The smallest absolute Gasteiger partial charge is 0.341 e. The third-order valence-electron chi connectivity index (χ3n) is 3.62. The van der Waals surface area contributed by atoms with Crippen molar-refractivity contribution in [3.63, 3.8) is 0 Å². The second-order valence-corrected chi connectivity index (χ2v) is 5.02. The standard InChI is InChI=1S/C13H16F3N3O/c1-19(8-10-2-5-17-6-3-10)11(20)12(13(14,15)16)4-7-18-9-12/h2-3,5-6,18H,4,7-9H2,1H3. The number of nitrogens with zero attached hydrogens (tertiary/aromatic N) is 2. The van der Waals surface area contributed by atoms with E-state index < -0.39 is 17.5 Å². The Balaban J connectivity index is 2.16. The molecule has 1 N–H and O–H groups in total. The van der Waals surface area contributed by atoms with Crippen molar-refractivity contribution in [3.8, 4) is 0 Å². The Hall–Kier alpha value is -1.63. The van der Waals surface area contributed by atoms with Gasteiger partial charge in [0.2, 0.25) is 5.91 Å². The van der Waals surface area contributed by atoms with Crippen LogP contribution >= 0.6 is 0 Å². The van der Waals surface area contributed by atoms with E-state index in [-0.39, 0.29) is 26.1 Å². The third-order valence-corrected chi connectivity index (χ3v) is 3.62. The first-order valence-electron chi connectivity index (χ1n) is 6.29. The van der Waals surface area contributed by atoms with Crippen LogP contribution in [0.15, 0.2) is 24.5 Å². The molecule has 1 aliphatic heterocycles. The quantitative estimate of drug-likeness (QED) is 0.918. The fourth-order valence-corrected chi connectivity index (χ4v) is 2.44. The van der Waals surface area contributed by atoms with Crippen molar-refractivity contribution in [1.82, 2.24) is 15.2 Å². The summed E-state index contributed by atoms with van der Waals surface area (Å²) in [5, 5.41) is 2.64. The van der Waals surface area contributed by atoms with Crippen molar-refractivity contribution in [3.05, 3.63) is 30.1 Å². The van der Waals surface area contributed by atoms with E-state index in [0.717, 1.165) is 10.5 Å². The van der Waals surface area contributed by atoms with Gasteiger partial charge in [0, 0.05) is 32.5 Å². The van der Waals surface area contributed by atoms with Crippen molar-refractivity contribution in [2.75, 3.05) is 20.1 Å². The van der Waals surface area contributed by atoms with Crippen molar-refractivity contribution in [1.29, 1.82) is 0 Å². The van der Waals surface area contributed by atoms with Crippen LogP contribution < -0.4 is 5.32 Å². The summed E-state index contributed by atoms with van der Waals surface area (Å²) >= 11 is 0. The van der Waals surface area contributed by atoms with Gasteiger partial charge in [-0.2, -0.15) is 13.2 Å². The largest absolute Gasteiger partial charge is 0.404 e. The van der Waals surface area contributed by atoms with Gasteiger partial charge >= 0.3 is 6.18 Å². The van der Waals surface area contributed by atoms with Crippen LogP contribution in [0.1, 0.15) is 12.0 Å². The van der Waals surface area contributed by atoms with E-state index in [1.54, 1.807) is 24.5 Å². The summed E-state index contributed by atoms with van der Waals surface area (Å²) in [4.78, 5) is 17.2. The number of rotatable bonds is 3. The Labute approximate surface area is 115 Å². The highest BCUT2D eigenvalue weighted by molar-refractivity contribution is 5.84. The van der Waals surface area contributed by atoms with Crippen LogP contribution in [0.3, 0.4) is 0 Å². The Bertz CT molecular complexity index is 469. The Kier molecular flexibility index (Phi) is 3.99. The van der Waals surface area contributed by atoms with Crippen molar-refractivity contribution >= 4 is 5.91 Å². The van der Waals surface area contributed by atoms with E-state index in [1.165, 1.54) is 7.05 Å². The Morgan fingerprint density at radius 1 is 1.45 bits per heavy atom. The lowest BCUT2D eigenvalue weighted by molar-refractivity contribution is -0.221. The van der Waals surface area contributed by atoms with Gasteiger partial charge in [0.15, 0.2) is 5.41 Å². The van der Waals surface area contributed by atoms with Gasteiger partial charge in [-0.05, 0) is 30.7 Å². The maximum absolute atomic E-state index is 13.3. The molecule has 20 heavy (non-hydrogen) atoms. The number of hydrogen-bond donors (Lipinski definition) is 1. The minimum Gasteiger partial charge on any atom is -0.341 e. The van der Waals surface area contributed by atoms with Crippen molar-refractivity contribution in [2.24, 2.45) is 5.41 Å². The molecule has 1 unspecified atom stereocenters. The summed E-state index contributed by atoms with van der Waals surface area (Å²) in [7, 11) is 1.40. The summed E-state index contributed by atoms with van der Waals surface area (Å²) in [6.07, 6.45) is -1.66. The molecule has 1 fully saturated rings. The number of alkyl halides is 3. The molecule has 4 nitrogen and oxygen atoms in total. The molecule has 0 radical (unpaired) electrons. The number of amides is 1. The van der Waals surface area contributed by atoms with Crippen LogP contribution in [0, 0.1) is 5.41 Å². The summed E-state index contributed by atoms with van der Waals surface area (Å²) in [6, 6.07) is 3.36. The molecule has 1 saturated heterocycles. The highest BCUT2D eigenvalue weighted by atomic mass is 19.4. The lowest BCUT2D eigenvalue weighted by Crippen LogP contribution is -2.52. The molecule has 2 heterocycles. The molecule has 110 valence electrons. The zero-order valence-corrected chi connectivity index (χ0v) is 11.1. The van der Waals surface area contributed by atoms with Gasteiger partial charge < -0.3 is 10.2 Å². The topological polar surface area (TPSA) is 45.2 Å². The van der Waals surface area contributed by atoms with Crippen LogP contribution in [0.25, 0.3) is 0 Å². The van der Waals surface area contributed by atoms with Gasteiger partial charge in [0.25, 0.3) is 0 Å². The van der Waals surface area contributed by atoms with E-state index in [2.05, 4.69) is 10.3 Å². The molecule has 0 saturated carbocycles. The minimum atomic E-state index is -4.54. The zero-order valence-electron chi connectivity index (χ0n) is 11.1. The fraction of sp³-hybridized carbons (Fsp3) is 0.538. The molecule has 1 aromatic heterocycles. The van der Waals surface area contributed by atoms with Gasteiger partial charge in [0.05, 0.1) is 0 Å². The number of hydrogen-bond acceptors (Lipinski definition) is 3. The molecule has 1 atom stereocenters. The van der Waals surface area contributed by atoms with Crippen molar-refractivity contribution < 1.29 is 18.0 Å². The van der Waals surface area contributed by atoms with Gasteiger partial charge in [-0.15, -0.1) is 0 Å². The number of pyridine rings is 1. The zero-order chi connectivity index (χ0) is 14.8. The second kappa shape index (κ2) is 5.40. The molecule has 0 spiro atoms. The van der Waals surface area contributed by atoms with Crippen molar-refractivity contribution in [2.45, 2.75) is 19.1 Å². The monoisotopic (exact) mass is 287 g/mol. The fourth-order valence-electron chi connectivity index (χ4n) is 2.44. The molecule has 1 aliphatic rings. The van der Waals surface area contributed by atoms with Gasteiger partial charge in [0.1, 0.15) is 0 Å². The predicted molar refractivity (Wildman–Crippen MR) is 66.7 cm³/mol. The molecular formula is C13H16F3N3O. The Morgan fingerprint density at radius 2 is 2.10 bits per heavy atom. The molecular weight excluding hydrogens is 271 g/mol. The molecule has 2 rings (SSSR count). The number of carbonyl (C=O) groups excluding carboxylic acids is 1. The maximum Gasteiger partial charge on any atom is 0.404 e. The molecule has 0 bridgehead atoms. The van der Waals surface area contributed by atoms with Crippen LogP contribution in [0.4, 0.5) is 13.2 Å². The second-order valence-electron chi connectivity index (χ2n) is 5.02. The summed E-state index contributed by atoms with van der Waals surface area (Å²) in [5.74, 6) is -0.883. The highest BCUT2D eigenvalue weighted by Gasteiger charge is 2.62. The highest BCUT2D eigenvalue weighted by Crippen LogP contribution is 2.44. The molecule has 7 heteroatoms. The predicted octanol–water partition coefficient (Wildman–Crippen LogP) is 1.58.